The van der Waals surface area contributed by atoms with Crippen LogP contribution in [-0.4, -0.2) is 41.0 Å². The molecule has 1 rings (SSSR count). The highest BCUT2D eigenvalue weighted by molar-refractivity contribution is 5.81. The number of carboxylic acid groups (broad SMARTS) is 1. The van der Waals surface area contributed by atoms with Crippen LogP contribution in [0.5, 0.6) is 0 Å². The Kier molecular flexibility index (Phi) is 3.46. The fraction of sp³-hybridized carbons (Fsp3) is 0.778. The van der Waals surface area contributed by atoms with E-state index >= 15 is 0 Å². The molecular formula is C9H16N2O3. The van der Waals surface area contributed by atoms with Gasteiger partial charge in [-0.15, -0.1) is 0 Å². The molecule has 14 heavy (non-hydrogen) atoms. The van der Waals surface area contributed by atoms with Gasteiger partial charge in [0.05, 0.1) is 12.0 Å². The third kappa shape index (κ3) is 2.45. The van der Waals surface area contributed by atoms with Crippen LogP contribution in [0, 0.1) is 5.92 Å². The predicted molar refractivity (Wildman–Crippen MR) is 50.6 cm³/mol. The van der Waals surface area contributed by atoms with E-state index in [1.807, 2.05) is 0 Å². The lowest BCUT2D eigenvalue weighted by molar-refractivity contribution is -0.145. The van der Waals surface area contributed by atoms with Crippen molar-refractivity contribution >= 4 is 11.9 Å². The van der Waals surface area contributed by atoms with Gasteiger partial charge in [-0.05, 0) is 19.8 Å². The van der Waals surface area contributed by atoms with Crippen LogP contribution in [0.15, 0.2) is 0 Å². The van der Waals surface area contributed by atoms with Gasteiger partial charge in [-0.25, -0.2) is 0 Å². The Morgan fingerprint density at radius 2 is 1.93 bits per heavy atom. The van der Waals surface area contributed by atoms with Gasteiger partial charge >= 0.3 is 5.97 Å². The molecule has 1 heterocycles. The lowest BCUT2D eigenvalue weighted by atomic mass is 9.97. The standard InChI is InChI=1S/C9H16N2O3/c1-6(10)8(12)11-4-2-7(3-5-11)9(13)14/h6-7H,2-5,10H2,1H3,(H,13,14). The van der Waals surface area contributed by atoms with E-state index in [0.717, 1.165) is 0 Å². The number of piperidine rings is 1. The number of hydrogen-bond acceptors (Lipinski definition) is 3. The first-order valence-corrected chi connectivity index (χ1v) is 4.79. The first-order valence-electron chi connectivity index (χ1n) is 4.79. The molecule has 0 aliphatic carbocycles. The summed E-state index contributed by atoms with van der Waals surface area (Å²) >= 11 is 0. The zero-order valence-electron chi connectivity index (χ0n) is 8.27. The van der Waals surface area contributed by atoms with Gasteiger partial charge < -0.3 is 15.7 Å². The van der Waals surface area contributed by atoms with Crippen LogP contribution < -0.4 is 5.73 Å². The van der Waals surface area contributed by atoms with Gasteiger partial charge in [0.1, 0.15) is 0 Å². The van der Waals surface area contributed by atoms with Crippen molar-refractivity contribution in [2.75, 3.05) is 13.1 Å². The summed E-state index contributed by atoms with van der Waals surface area (Å²) in [5, 5.41) is 8.74. The van der Waals surface area contributed by atoms with Crippen LogP contribution >= 0.6 is 0 Å². The lowest BCUT2D eigenvalue weighted by Crippen LogP contribution is -2.46. The fourth-order valence-electron chi connectivity index (χ4n) is 1.63. The molecule has 5 nitrogen and oxygen atoms in total. The molecule has 1 aliphatic heterocycles. The Morgan fingerprint density at radius 1 is 1.43 bits per heavy atom. The topological polar surface area (TPSA) is 83.6 Å². The Labute approximate surface area is 82.9 Å². The maximum atomic E-state index is 11.4. The van der Waals surface area contributed by atoms with E-state index in [-0.39, 0.29) is 11.8 Å². The van der Waals surface area contributed by atoms with Crippen molar-refractivity contribution in [3.8, 4) is 0 Å². The summed E-state index contributed by atoms with van der Waals surface area (Å²) in [4.78, 5) is 23.7. The van der Waals surface area contributed by atoms with Gasteiger partial charge in [0.15, 0.2) is 0 Å². The molecule has 1 fully saturated rings. The molecule has 5 heteroatoms. The van der Waals surface area contributed by atoms with Gasteiger partial charge in [0.25, 0.3) is 0 Å². The number of carbonyl (C=O) groups is 2. The van der Waals surface area contributed by atoms with Crippen LogP contribution in [0.4, 0.5) is 0 Å². The maximum Gasteiger partial charge on any atom is 0.306 e. The van der Waals surface area contributed by atoms with E-state index in [2.05, 4.69) is 0 Å². The van der Waals surface area contributed by atoms with E-state index in [4.69, 9.17) is 10.8 Å². The van der Waals surface area contributed by atoms with Crippen molar-refractivity contribution in [2.24, 2.45) is 11.7 Å². The molecule has 1 unspecified atom stereocenters. The zero-order chi connectivity index (χ0) is 10.7. The van der Waals surface area contributed by atoms with Crippen molar-refractivity contribution in [2.45, 2.75) is 25.8 Å². The summed E-state index contributed by atoms with van der Waals surface area (Å²) in [5.41, 5.74) is 5.45. The molecule has 1 saturated heterocycles. The lowest BCUT2D eigenvalue weighted by Gasteiger charge is -2.31. The molecule has 0 aromatic rings. The second-order valence-corrected chi connectivity index (χ2v) is 3.73. The SMILES string of the molecule is CC(N)C(=O)N1CCC(C(=O)O)CC1. The molecule has 3 N–H and O–H groups in total. The smallest absolute Gasteiger partial charge is 0.306 e. The third-order valence-electron chi connectivity index (χ3n) is 2.55. The first-order chi connectivity index (χ1) is 6.52. The molecule has 0 saturated carbocycles. The van der Waals surface area contributed by atoms with Gasteiger partial charge in [-0.1, -0.05) is 0 Å². The molecule has 0 aromatic carbocycles. The van der Waals surface area contributed by atoms with E-state index in [1.165, 1.54) is 0 Å². The summed E-state index contributed by atoms with van der Waals surface area (Å²) in [6.07, 6.45) is 1.07. The normalized spacial score (nSPS) is 20.6. The quantitative estimate of drug-likeness (QED) is 0.638. The third-order valence-corrected chi connectivity index (χ3v) is 2.55. The Hall–Kier alpha value is -1.10. The zero-order valence-corrected chi connectivity index (χ0v) is 8.27. The molecule has 1 atom stereocenters. The maximum absolute atomic E-state index is 11.4. The molecule has 1 aliphatic rings. The number of nitrogens with zero attached hydrogens (tertiary/aromatic N) is 1. The van der Waals surface area contributed by atoms with E-state index in [9.17, 15) is 9.59 Å². The van der Waals surface area contributed by atoms with E-state index in [0.29, 0.717) is 25.9 Å². The minimum Gasteiger partial charge on any atom is -0.481 e. The van der Waals surface area contributed by atoms with Crippen LogP contribution in [-0.2, 0) is 9.59 Å². The molecule has 0 bridgehead atoms. The van der Waals surface area contributed by atoms with E-state index in [1.54, 1.807) is 11.8 Å². The van der Waals surface area contributed by atoms with Gasteiger partial charge in [0, 0.05) is 13.1 Å². The number of aliphatic carboxylic acids is 1. The number of hydrogen-bond donors (Lipinski definition) is 2. The Balaban J connectivity index is 2.43. The Morgan fingerprint density at radius 3 is 2.29 bits per heavy atom. The first kappa shape index (κ1) is 11.0. The number of carboxylic acids is 1. The fourth-order valence-corrected chi connectivity index (χ4v) is 1.63. The van der Waals surface area contributed by atoms with Gasteiger partial charge in [-0.2, -0.15) is 0 Å². The number of nitrogens with two attached hydrogens (primary N) is 1. The number of likely N-dealkylation sites (tertiary alicyclic amines) is 1. The van der Waals surface area contributed by atoms with Gasteiger partial charge in [0.2, 0.25) is 5.91 Å². The van der Waals surface area contributed by atoms with Crippen molar-refractivity contribution in [3.63, 3.8) is 0 Å². The Bertz CT molecular complexity index is 232. The highest BCUT2D eigenvalue weighted by Gasteiger charge is 2.27. The second kappa shape index (κ2) is 4.41. The summed E-state index contributed by atoms with van der Waals surface area (Å²) in [7, 11) is 0. The van der Waals surface area contributed by atoms with E-state index < -0.39 is 12.0 Å². The average molecular weight is 200 g/mol. The van der Waals surface area contributed by atoms with Crippen LogP contribution in [0.1, 0.15) is 19.8 Å². The second-order valence-electron chi connectivity index (χ2n) is 3.73. The van der Waals surface area contributed by atoms with Crippen LogP contribution in [0.3, 0.4) is 0 Å². The molecule has 0 spiro atoms. The predicted octanol–water partition coefficient (Wildman–Crippen LogP) is -0.343. The molecular weight excluding hydrogens is 184 g/mol. The summed E-state index contributed by atoms with van der Waals surface area (Å²) in [6, 6.07) is -0.489. The number of rotatable bonds is 2. The number of carbonyl (C=O) groups excluding carboxylic acids is 1. The monoisotopic (exact) mass is 200 g/mol. The largest absolute Gasteiger partial charge is 0.481 e. The minimum atomic E-state index is -0.766. The molecule has 0 radical (unpaired) electrons. The highest BCUT2D eigenvalue weighted by atomic mass is 16.4. The summed E-state index contributed by atoms with van der Waals surface area (Å²) < 4.78 is 0. The van der Waals surface area contributed by atoms with Crippen molar-refractivity contribution < 1.29 is 14.7 Å². The highest BCUT2D eigenvalue weighted by Crippen LogP contribution is 2.17. The number of amides is 1. The van der Waals surface area contributed by atoms with Crippen molar-refractivity contribution in [1.29, 1.82) is 0 Å². The van der Waals surface area contributed by atoms with Gasteiger partial charge in [-0.3, -0.25) is 9.59 Å². The molecule has 0 aromatic heterocycles. The molecule has 1 amide bonds. The molecule has 80 valence electrons. The summed E-state index contributed by atoms with van der Waals surface area (Å²) in [6.45, 7) is 2.67. The van der Waals surface area contributed by atoms with Crippen molar-refractivity contribution in [3.05, 3.63) is 0 Å². The van der Waals surface area contributed by atoms with Crippen LogP contribution in [0.2, 0.25) is 0 Å². The average Bonchev–Trinajstić information content (AvgIpc) is 2.16. The summed E-state index contributed by atoms with van der Waals surface area (Å²) in [5.74, 6) is -1.15. The van der Waals surface area contributed by atoms with Crippen molar-refractivity contribution in [1.82, 2.24) is 4.90 Å². The minimum absolute atomic E-state index is 0.0890. The van der Waals surface area contributed by atoms with Crippen LogP contribution in [0.25, 0.3) is 0 Å².